The van der Waals surface area contributed by atoms with E-state index in [0.717, 1.165) is 34.9 Å². The Labute approximate surface area is 167 Å². The largest absolute Gasteiger partial charge is 0.467 e. The minimum absolute atomic E-state index is 0.325. The van der Waals surface area contributed by atoms with E-state index in [4.69, 9.17) is 26.1 Å². The topological polar surface area (TPSA) is 35.8 Å². The Morgan fingerprint density at radius 1 is 1.26 bits per heavy atom. The number of quaternary nitrogens is 1. The van der Waals surface area contributed by atoms with Gasteiger partial charge in [-0.3, -0.25) is 0 Å². The Bertz CT molecular complexity index is 941. The standard InChI is InChI=1S/C21H21ClN2O2S/c22-17-8-15(20-16(9-17)12-25-13-26-20)11-24-7-3-4-14(10-24)21-23-18-5-1-2-6-19(18)27-21/h1-2,5-6,8-9,14H,3-4,7,10-13H2/p+1/t14-/m0/s1. The molecular weight excluding hydrogens is 380 g/mol. The number of para-hydroxylation sites is 1. The van der Waals surface area contributed by atoms with Crippen LogP contribution in [-0.2, 0) is 17.9 Å². The highest BCUT2D eigenvalue weighted by atomic mass is 35.5. The van der Waals surface area contributed by atoms with Crippen molar-refractivity contribution in [1.29, 1.82) is 0 Å². The number of nitrogens with one attached hydrogen (secondary N) is 1. The molecule has 140 valence electrons. The fraction of sp³-hybridized carbons (Fsp3) is 0.381. The number of aromatic nitrogens is 1. The normalized spacial score (nSPS) is 22.4. The first-order valence-corrected chi connectivity index (χ1v) is 10.7. The Balaban J connectivity index is 1.36. The van der Waals surface area contributed by atoms with Gasteiger partial charge in [0, 0.05) is 10.6 Å². The van der Waals surface area contributed by atoms with E-state index in [0.29, 0.717) is 19.3 Å². The number of halogens is 1. The molecule has 5 rings (SSSR count). The number of rotatable bonds is 3. The van der Waals surface area contributed by atoms with Gasteiger partial charge >= 0.3 is 0 Å². The van der Waals surface area contributed by atoms with Crippen LogP contribution < -0.4 is 9.64 Å². The first kappa shape index (κ1) is 17.4. The third-order valence-electron chi connectivity index (χ3n) is 5.47. The van der Waals surface area contributed by atoms with Crippen LogP contribution in [0, 0.1) is 0 Å². The molecule has 4 nitrogen and oxygen atoms in total. The second-order valence-electron chi connectivity index (χ2n) is 7.40. The van der Waals surface area contributed by atoms with Crippen molar-refractivity contribution in [3.63, 3.8) is 0 Å². The highest BCUT2D eigenvalue weighted by Gasteiger charge is 2.28. The predicted octanol–water partition coefficient (Wildman–Crippen LogP) is 3.78. The summed E-state index contributed by atoms with van der Waals surface area (Å²) in [6.07, 6.45) is 2.45. The Hall–Kier alpha value is -1.66. The van der Waals surface area contributed by atoms with Crippen molar-refractivity contribution in [2.75, 3.05) is 19.9 Å². The van der Waals surface area contributed by atoms with Gasteiger partial charge in [-0.1, -0.05) is 23.7 Å². The summed E-state index contributed by atoms with van der Waals surface area (Å²) in [7, 11) is 0. The van der Waals surface area contributed by atoms with Crippen LogP contribution in [0.15, 0.2) is 36.4 Å². The lowest BCUT2D eigenvalue weighted by molar-refractivity contribution is -0.920. The molecule has 3 aromatic rings. The predicted molar refractivity (Wildman–Crippen MR) is 108 cm³/mol. The average Bonchev–Trinajstić information content (AvgIpc) is 3.12. The van der Waals surface area contributed by atoms with Gasteiger partial charge in [0.1, 0.15) is 17.3 Å². The van der Waals surface area contributed by atoms with Gasteiger partial charge in [0.2, 0.25) is 0 Å². The zero-order valence-electron chi connectivity index (χ0n) is 15.0. The molecule has 2 aliphatic heterocycles. The fourth-order valence-corrected chi connectivity index (χ4v) is 5.61. The summed E-state index contributed by atoms with van der Waals surface area (Å²) in [6, 6.07) is 12.4. The van der Waals surface area contributed by atoms with Crippen molar-refractivity contribution < 1.29 is 14.4 Å². The van der Waals surface area contributed by atoms with Crippen LogP contribution in [0.4, 0.5) is 0 Å². The van der Waals surface area contributed by atoms with E-state index in [2.05, 4.69) is 30.3 Å². The lowest BCUT2D eigenvalue weighted by Gasteiger charge is -2.30. The van der Waals surface area contributed by atoms with E-state index in [1.807, 2.05) is 17.4 Å². The summed E-state index contributed by atoms with van der Waals surface area (Å²) in [4.78, 5) is 6.48. The quantitative estimate of drug-likeness (QED) is 0.725. The maximum Gasteiger partial charge on any atom is 0.189 e. The van der Waals surface area contributed by atoms with E-state index < -0.39 is 0 Å². The molecule has 2 atom stereocenters. The smallest absolute Gasteiger partial charge is 0.189 e. The molecule has 0 radical (unpaired) electrons. The van der Waals surface area contributed by atoms with Gasteiger partial charge in [-0.05, 0) is 37.1 Å². The molecule has 1 N–H and O–H groups in total. The van der Waals surface area contributed by atoms with Gasteiger partial charge in [-0.15, -0.1) is 11.3 Å². The first-order valence-electron chi connectivity index (χ1n) is 9.47. The highest BCUT2D eigenvalue weighted by Crippen LogP contribution is 2.32. The minimum atomic E-state index is 0.325. The number of thiazole rings is 1. The average molecular weight is 402 g/mol. The molecule has 0 spiro atoms. The summed E-state index contributed by atoms with van der Waals surface area (Å²) in [5, 5.41) is 2.04. The molecule has 1 unspecified atom stereocenters. The third kappa shape index (κ3) is 3.57. The van der Waals surface area contributed by atoms with Crippen molar-refractivity contribution in [1.82, 2.24) is 4.98 Å². The van der Waals surface area contributed by atoms with Crippen LogP contribution in [0.1, 0.15) is 34.9 Å². The number of fused-ring (bicyclic) bond motifs is 2. The van der Waals surface area contributed by atoms with E-state index in [1.165, 1.54) is 34.7 Å². The van der Waals surface area contributed by atoms with Crippen molar-refractivity contribution in [3.05, 3.63) is 57.6 Å². The van der Waals surface area contributed by atoms with Crippen LogP contribution in [-0.4, -0.2) is 24.9 Å². The van der Waals surface area contributed by atoms with E-state index in [1.54, 1.807) is 4.90 Å². The molecule has 27 heavy (non-hydrogen) atoms. The zero-order chi connectivity index (χ0) is 18.2. The number of piperidine rings is 1. The van der Waals surface area contributed by atoms with E-state index in [-0.39, 0.29) is 0 Å². The second-order valence-corrected chi connectivity index (χ2v) is 8.90. The summed E-state index contributed by atoms with van der Waals surface area (Å²) in [5.41, 5.74) is 3.38. The van der Waals surface area contributed by atoms with Crippen LogP contribution >= 0.6 is 22.9 Å². The van der Waals surface area contributed by atoms with Gasteiger partial charge in [-0.2, -0.15) is 0 Å². The molecule has 1 saturated heterocycles. The van der Waals surface area contributed by atoms with Gasteiger partial charge in [0.15, 0.2) is 6.79 Å². The Kier molecular flexibility index (Phi) is 4.78. The summed E-state index contributed by atoms with van der Waals surface area (Å²) >= 11 is 8.19. The van der Waals surface area contributed by atoms with Crippen LogP contribution in [0.5, 0.6) is 5.75 Å². The lowest BCUT2D eigenvalue weighted by Crippen LogP contribution is -3.12. The van der Waals surface area contributed by atoms with Crippen molar-refractivity contribution in [2.45, 2.75) is 31.9 Å². The van der Waals surface area contributed by atoms with Gasteiger partial charge < -0.3 is 14.4 Å². The number of hydrogen-bond acceptors (Lipinski definition) is 4. The molecule has 0 aliphatic carbocycles. The zero-order valence-corrected chi connectivity index (χ0v) is 16.6. The summed E-state index contributed by atoms with van der Waals surface area (Å²) < 4.78 is 12.5. The van der Waals surface area contributed by atoms with Crippen molar-refractivity contribution in [3.8, 4) is 5.75 Å². The van der Waals surface area contributed by atoms with Crippen molar-refractivity contribution >= 4 is 33.2 Å². The molecule has 2 aromatic carbocycles. The maximum absolute atomic E-state index is 6.34. The van der Waals surface area contributed by atoms with Gasteiger partial charge in [0.05, 0.1) is 41.4 Å². The Morgan fingerprint density at radius 2 is 2.19 bits per heavy atom. The molecule has 2 aliphatic rings. The van der Waals surface area contributed by atoms with E-state index >= 15 is 0 Å². The molecule has 0 bridgehead atoms. The number of likely N-dealkylation sites (tertiary alicyclic amines) is 1. The monoisotopic (exact) mass is 401 g/mol. The highest BCUT2D eigenvalue weighted by molar-refractivity contribution is 7.18. The molecule has 0 saturated carbocycles. The molecule has 0 amide bonds. The molecular formula is C21H22ClN2O2S+. The summed E-state index contributed by atoms with van der Waals surface area (Å²) in [6.45, 7) is 4.12. The number of ether oxygens (including phenoxy) is 2. The molecule has 3 heterocycles. The SMILES string of the molecule is Clc1cc2c(c(C[NH+]3CCC[C@H](c4nc5ccccc5s4)C3)c1)OCOC2. The number of hydrogen-bond donors (Lipinski definition) is 1. The lowest BCUT2D eigenvalue weighted by atomic mass is 9.97. The van der Waals surface area contributed by atoms with Crippen molar-refractivity contribution in [2.24, 2.45) is 0 Å². The van der Waals surface area contributed by atoms with Gasteiger partial charge in [0.25, 0.3) is 0 Å². The Morgan fingerprint density at radius 3 is 3.11 bits per heavy atom. The number of benzene rings is 2. The third-order valence-corrected chi connectivity index (χ3v) is 6.89. The number of nitrogens with zero attached hydrogens (tertiary/aromatic N) is 1. The fourth-order valence-electron chi connectivity index (χ4n) is 4.24. The minimum Gasteiger partial charge on any atom is -0.467 e. The van der Waals surface area contributed by atoms with Crippen LogP contribution in [0.3, 0.4) is 0 Å². The summed E-state index contributed by atoms with van der Waals surface area (Å²) in [5.74, 6) is 1.51. The first-order chi connectivity index (χ1) is 13.3. The van der Waals surface area contributed by atoms with Crippen LogP contribution in [0.2, 0.25) is 5.02 Å². The second kappa shape index (κ2) is 7.40. The molecule has 6 heteroatoms. The maximum atomic E-state index is 6.34. The molecule has 1 fully saturated rings. The van der Waals surface area contributed by atoms with Crippen LogP contribution in [0.25, 0.3) is 10.2 Å². The van der Waals surface area contributed by atoms with Gasteiger partial charge in [-0.25, -0.2) is 4.98 Å². The molecule has 1 aromatic heterocycles. The van der Waals surface area contributed by atoms with E-state index in [9.17, 15) is 0 Å².